The molecule has 9 nitrogen and oxygen atoms in total. The molecule has 4 aromatic rings. The van der Waals surface area contributed by atoms with E-state index in [0.717, 1.165) is 16.7 Å². The molecule has 0 saturated heterocycles. The van der Waals surface area contributed by atoms with E-state index in [2.05, 4.69) is 10.3 Å². The molecule has 0 aliphatic carbocycles. The fraction of sp³-hybridized carbons (Fsp3) is 0.172. The molecule has 41 heavy (non-hydrogen) atoms. The maximum absolute atomic E-state index is 13.4. The van der Waals surface area contributed by atoms with Gasteiger partial charge < -0.3 is 10.1 Å². The van der Waals surface area contributed by atoms with Crippen LogP contribution in [0.2, 0.25) is 10.0 Å². The molecule has 1 heterocycles. The number of ether oxygens (including phenoxy) is 1. The van der Waals surface area contributed by atoms with Crippen LogP contribution in [0.5, 0.6) is 0 Å². The van der Waals surface area contributed by atoms with Gasteiger partial charge in [-0.2, -0.15) is 0 Å². The number of nitrogens with zero attached hydrogens (tertiary/aromatic N) is 3. The summed E-state index contributed by atoms with van der Waals surface area (Å²) in [5, 5.41) is 12.3. The Balaban J connectivity index is 1.66. The predicted molar refractivity (Wildman–Crippen MR) is 159 cm³/mol. The first-order chi connectivity index (χ1) is 19.3. The van der Waals surface area contributed by atoms with Crippen molar-refractivity contribution in [2.45, 2.75) is 37.8 Å². The molecule has 12 heteroatoms. The normalized spacial score (nSPS) is 11.5. The second-order valence-electron chi connectivity index (χ2n) is 9.83. The Hall–Kier alpha value is -3.99. The fourth-order valence-electron chi connectivity index (χ4n) is 3.72. The molecule has 2 N–H and O–H groups in total. The fourth-order valence-corrected chi connectivity index (χ4v) is 5.22. The Morgan fingerprint density at radius 2 is 1.49 bits per heavy atom. The van der Waals surface area contributed by atoms with E-state index in [1.165, 1.54) is 24.3 Å². The van der Waals surface area contributed by atoms with Gasteiger partial charge in [0.2, 0.25) is 5.96 Å². The van der Waals surface area contributed by atoms with Crippen LogP contribution in [0.25, 0.3) is 22.4 Å². The SMILES string of the molecule is CC(C)(C)OC(=O)N(C(=N)NCc1ncc(-c2ccc(Cl)cc2)c(-c2ccc(Cl)cc2)n1)S(=O)(=O)c1ccccc1. The number of nitrogens with one attached hydrogen (secondary N) is 2. The van der Waals surface area contributed by atoms with E-state index in [-0.39, 0.29) is 21.6 Å². The van der Waals surface area contributed by atoms with Gasteiger partial charge in [-0.1, -0.05) is 65.7 Å². The number of halogens is 2. The lowest BCUT2D eigenvalue weighted by molar-refractivity contribution is 0.0460. The lowest BCUT2D eigenvalue weighted by Gasteiger charge is -2.27. The second kappa shape index (κ2) is 12.3. The minimum Gasteiger partial charge on any atom is -0.443 e. The average Bonchev–Trinajstić information content (AvgIpc) is 2.92. The number of carbonyl (C=O) groups is 1. The van der Waals surface area contributed by atoms with Crippen molar-refractivity contribution in [2.75, 3.05) is 0 Å². The first-order valence-corrected chi connectivity index (χ1v) is 14.6. The monoisotopic (exact) mass is 611 g/mol. The van der Waals surface area contributed by atoms with Gasteiger partial charge >= 0.3 is 6.09 Å². The highest BCUT2D eigenvalue weighted by molar-refractivity contribution is 7.90. The molecular formula is C29H27Cl2N5O4S. The van der Waals surface area contributed by atoms with Crippen LogP contribution in [0.3, 0.4) is 0 Å². The van der Waals surface area contributed by atoms with Crippen LogP contribution in [-0.4, -0.2) is 40.3 Å². The standard InChI is InChI=1S/C29H27Cl2N5O4S/c1-29(2,3)40-28(37)36(41(38,39)23-7-5-4-6-8-23)27(32)34-18-25-33-17-24(19-9-13-21(30)14-10-19)26(35-25)20-11-15-22(31)16-12-20/h4-17H,18H2,1-3H3,(H2,32,34). The molecule has 0 aliphatic heterocycles. The summed E-state index contributed by atoms with van der Waals surface area (Å²) < 4.78 is 32.4. The molecule has 3 aromatic carbocycles. The van der Waals surface area contributed by atoms with Crippen LogP contribution in [0.15, 0.2) is 90.0 Å². The highest BCUT2D eigenvalue weighted by Crippen LogP contribution is 2.31. The van der Waals surface area contributed by atoms with Crippen LogP contribution < -0.4 is 5.32 Å². The van der Waals surface area contributed by atoms with Gasteiger partial charge in [-0.05, 0) is 62.7 Å². The zero-order chi connectivity index (χ0) is 29.8. The summed E-state index contributed by atoms with van der Waals surface area (Å²) >= 11 is 12.2. The number of hydrogen-bond acceptors (Lipinski definition) is 7. The molecule has 0 aliphatic rings. The summed E-state index contributed by atoms with van der Waals surface area (Å²) in [6.45, 7) is 4.64. The first kappa shape index (κ1) is 30.0. The second-order valence-corrected chi connectivity index (χ2v) is 12.5. The van der Waals surface area contributed by atoms with Gasteiger partial charge in [0.25, 0.3) is 10.0 Å². The molecule has 4 rings (SSSR count). The third-order valence-corrected chi connectivity index (χ3v) is 7.75. The van der Waals surface area contributed by atoms with Crippen molar-refractivity contribution in [3.8, 4) is 22.4 Å². The van der Waals surface area contributed by atoms with Gasteiger partial charge in [0.15, 0.2) is 0 Å². The first-order valence-electron chi connectivity index (χ1n) is 12.4. The molecule has 0 unspecified atom stereocenters. The number of benzene rings is 3. The van der Waals surface area contributed by atoms with Crippen molar-refractivity contribution in [1.29, 1.82) is 5.41 Å². The number of aromatic nitrogens is 2. The minimum absolute atomic E-state index is 0.163. The van der Waals surface area contributed by atoms with Gasteiger partial charge in [0.1, 0.15) is 11.4 Å². The van der Waals surface area contributed by atoms with E-state index >= 15 is 0 Å². The van der Waals surface area contributed by atoms with Crippen molar-refractivity contribution >= 4 is 45.3 Å². The van der Waals surface area contributed by atoms with Crippen LogP contribution in [-0.2, 0) is 21.3 Å². The summed E-state index contributed by atoms with van der Waals surface area (Å²) in [5.74, 6) is -0.472. The van der Waals surface area contributed by atoms with Crippen molar-refractivity contribution in [1.82, 2.24) is 19.6 Å². The Morgan fingerprint density at radius 3 is 2.05 bits per heavy atom. The molecule has 212 valence electrons. The van der Waals surface area contributed by atoms with E-state index in [1.54, 1.807) is 57.3 Å². The Labute approximate surface area is 248 Å². The maximum atomic E-state index is 13.4. The summed E-state index contributed by atoms with van der Waals surface area (Å²) in [4.78, 5) is 22.0. The quantitative estimate of drug-likeness (QED) is 0.182. The molecule has 0 atom stereocenters. The third kappa shape index (κ3) is 7.40. The van der Waals surface area contributed by atoms with E-state index in [0.29, 0.717) is 15.7 Å². The van der Waals surface area contributed by atoms with Crippen LogP contribution in [0.4, 0.5) is 4.79 Å². The minimum atomic E-state index is -4.47. The van der Waals surface area contributed by atoms with Crippen LogP contribution in [0, 0.1) is 5.41 Å². The van der Waals surface area contributed by atoms with Gasteiger partial charge in [0.05, 0.1) is 17.1 Å². The Morgan fingerprint density at radius 1 is 0.927 bits per heavy atom. The van der Waals surface area contributed by atoms with E-state index in [1.807, 2.05) is 24.3 Å². The molecule has 1 amide bonds. The van der Waals surface area contributed by atoms with Gasteiger partial charge in [-0.25, -0.2) is 23.2 Å². The zero-order valence-electron chi connectivity index (χ0n) is 22.4. The lowest BCUT2D eigenvalue weighted by Crippen LogP contribution is -2.49. The Bertz CT molecular complexity index is 1660. The van der Waals surface area contributed by atoms with Crippen molar-refractivity contribution in [2.24, 2.45) is 0 Å². The molecule has 0 radical (unpaired) electrons. The number of guanidine groups is 1. The van der Waals surface area contributed by atoms with E-state index in [9.17, 15) is 13.2 Å². The molecule has 0 fully saturated rings. The number of rotatable bonds is 6. The van der Waals surface area contributed by atoms with Crippen molar-refractivity contribution < 1.29 is 17.9 Å². The van der Waals surface area contributed by atoms with Gasteiger partial charge in [-0.3, -0.25) is 5.41 Å². The maximum Gasteiger partial charge on any atom is 0.431 e. The highest BCUT2D eigenvalue weighted by atomic mass is 35.5. The summed E-state index contributed by atoms with van der Waals surface area (Å²) in [6, 6.07) is 21.7. The van der Waals surface area contributed by atoms with Gasteiger partial charge in [0, 0.05) is 27.4 Å². The average molecular weight is 613 g/mol. The number of carbonyl (C=O) groups excluding carboxylic acids is 1. The molecule has 0 bridgehead atoms. The highest BCUT2D eigenvalue weighted by Gasteiger charge is 2.36. The van der Waals surface area contributed by atoms with Crippen molar-refractivity contribution in [3.63, 3.8) is 0 Å². The largest absolute Gasteiger partial charge is 0.443 e. The number of amides is 1. The molecule has 1 aromatic heterocycles. The third-order valence-electron chi connectivity index (χ3n) is 5.57. The number of sulfonamides is 1. The lowest BCUT2D eigenvalue weighted by atomic mass is 10.0. The van der Waals surface area contributed by atoms with E-state index < -0.39 is 27.7 Å². The van der Waals surface area contributed by atoms with Crippen LogP contribution in [0.1, 0.15) is 26.6 Å². The predicted octanol–water partition coefficient (Wildman–Crippen LogP) is 6.77. The molecular weight excluding hydrogens is 585 g/mol. The number of hydrogen-bond donors (Lipinski definition) is 2. The topological polar surface area (TPSA) is 125 Å². The van der Waals surface area contributed by atoms with Crippen LogP contribution >= 0.6 is 23.2 Å². The molecule has 0 saturated carbocycles. The molecule has 0 spiro atoms. The zero-order valence-corrected chi connectivity index (χ0v) is 24.8. The summed E-state index contributed by atoms with van der Waals surface area (Å²) in [6.07, 6.45) is 0.410. The Kier molecular flexibility index (Phi) is 8.96. The van der Waals surface area contributed by atoms with Gasteiger partial charge in [-0.15, -0.1) is 4.31 Å². The van der Waals surface area contributed by atoms with Crippen molar-refractivity contribution in [3.05, 3.63) is 101 Å². The summed E-state index contributed by atoms with van der Waals surface area (Å²) in [7, 11) is -4.47. The summed E-state index contributed by atoms with van der Waals surface area (Å²) in [5.41, 5.74) is 1.90. The van der Waals surface area contributed by atoms with E-state index in [4.69, 9.17) is 38.3 Å². The smallest absolute Gasteiger partial charge is 0.431 e.